The Kier molecular flexibility index (Phi) is 5.91. The summed E-state index contributed by atoms with van der Waals surface area (Å²) in [5.74, 6) is -0.310. The van der Waals surface area contributed by atoms with Gasteiger partial charge in [-0.2, -0.15) is 0 Å². The lowest BCUT2D eigenvalue weighted by molar-refractivity contribution is 0.0935. The first-order chi connectivity index (χ1) is 11.2. The number of sulfone groups is 1. The van der Waals surface area contributed by atoms with E-state index in [9.17, 15) is 13.2 Å². The lowest BCUT2D eigenvalue weighted by Crippen LogP contribution is -2.28. The summed E-state index contributed by atoms with van der Waals surface area (Å²) >= 11 is 11.9. The zero-order valence-corrected chi connectivity index (χ0v) is 15.5. The van der Waals surface area contributed by atoms with Crippen molar-refractivity contribution < 1.29 is 13.2 Å². The maximum Gasteiger partial charge on any atom is 0.253 e. The molecule has 1 unspecified atom stereocenters. The van der Waals surface area contributed by atoms with E-state index in [1.165, 1.54) is 18.2 Å². The Morgan fingerprint density at radius 3 is 2.25 bits per heavy atom. The Labute approximate surface area is 151 Å². The Morgan fingerprint density at radius 2 is 1.75 bits per heavy atom. The van der Waals surface area contributed by atoms with E-state index in [-0.39, 0.29) is 21.9 Å². The van der Waals surface area contributed by atoms with Crippen molar-refractivity contribution in [3.63, 3.8) is 0 Å². The highest BCUT2D eigenvalue weighted by molar-refractivity contribution is 7.90. The van der Waals surface area contributed by atoms with Gasteiger partial charge in [0.05, 0.1) is 21.5 Å². The molecular weight excluding hydrogens is 369 g/mol. The van der Waals surface area contributed by atoms with Gasteiger partial charge in [0.15, 0.2) is 9.84 Å². The summed E-state index contributed by atoms with van der Waals surface area (Å²) in [6, 6.07) is 10.9. The SMILES string of the molecule is CCC(NC(=O)c1ccc(Cl)cc1Cl)c1ccc(S(C)(=O)=O)cc1. The van der Waals surface area contributed by atoms with Crippen molar-refractivity contribution in [3.05, 3.63) is 63.6 Å². The summed E-state index contributed by atoms with van der Waals surface area (Å²) in [5.41, 5.74) is 1.16. The first-order valence-corrected chi connectivity index (χ1v) is 9.93. The van der Waals surface area contributed by atoms with Gasteiger partial charge in [0.2, 0.25) is 0 Å². The predicted octanol–water partition coefficient (Wildman–Crippen LogP) is 4.28. The van der Waals surface area contributed by atoms with Crippen LogP contribution in [-0.2, 0) is 9.84 Å². The van der Waals surface area contributed by atoms with E-state index in [0.717, 1.165) is 11.8 Å². The third-order valence-electron chi connectivity index (χ3n) is 3.60. The minimum absolute atomic E-state index is 0.244. The standard InChI is InChI=1S/C17H17Cl2NO3S/c1-3-16(11-4-7-13(8-5-11)24(2,22)23)20-17(21)14-9-6-12(18)10-15(14)19/h4-10,16H,3H2,1-2H3,(H,20,21). The van der Waals surface area contributed by atoms with Gasteiger partial charge in [-0.25, -0.2) is 8.42 Å². The van der Waals surface area contributed by atoms with Crippen LogP contribution in [0.5, 0.6) is 0 Å². The molecule has 0 spiro atoms. The molecule has 0 saturated carbocycles. The molecule has 0 saturated heterocycles. The van der Waals surface area contributed by atoms with E-state index in [0.29, 0.717) is 17.0 Å². The van der Waals surface area contributed by atoms with Gasteiger partial charge in [-0.1, -0.05) is 42.3 Å². The lowest BCUT2D eigenvalue weighted by Gasteiger charge is -2.18. The Morgan fingerprint density at radius 1 is 1.12 bits per heavy atom. The molecule has 0 aliphatic rings. The van der Waals surface area contributed by atoms with Crippen LogP contribution >= 0.6 is 23.2 Å². The highest BCUT2D eigenvalue weighted by atomic mass is 35.5. The number of carbonyl (C=O) groups excluding carboxylic acids is 1. The molecule has 4 nitrogen and oxygen atoms in total. The smallest absolute Gasteiger partial charge is 0.253 e. The van der Waals surface area contributed by atoms with Gasteiger partial charge in [0.1, 0.15) is 0 Å². The van der Waals surface area contributed by atoms with E-state index >= 15 is 0 Å². The second-order valence-corrected chi connectivity index (χ2v) is 8.26. The van der Waals surface area contributed by atoms with Crippen molar-refractivity contribution in [1.82, 2.24) is 5.32 Å². The molecule has 2 aromatic carbocycles. The fraction of sp³-hybridized carbons (Fsp3) is 0.235. The van der Waals surface area contributed by atoms with Crippen LogP contribution in [0.1, 0.15) is 35.3 Å². The summed E-state index contributed by atoms with van der Waals surface area (Å²) < 4.78 is 23.0. The summed E-state index contributed by atoms with van der Waals surface area (Å²) in [6.45, 7) is 1.93. The van der Waals surface area contributed by atoms with Gasteiger partial charge >= 0.3 is 0 Å². The van der Waals surface area contributed by atoms with Crippen LogP contribution in [0, 0.1) is 0 Å². The van der Waals surface area contributed by atoms with Crippen LogP contribution in [0.25, 0.3) is 0 Å². The molecule has 0 aliphatic carbocycles. The molecule has 0 aliphatic heterocycles. The Hall–Kier alpha value is -1.56. The number of hydrogen-bond acceptors (Lipinski definition) is 3. The molecule has 128 valence electrons. The van der Waals surface area contributed by atoms with Gasteiger partial charge in [0.25, 0.3) is 5.91 Å². The molecule has 2 rings (SSSR count). The first kappa shape index (κ1) is 18.8. The van der Waals surface area contributed by atoms with Crippen molar-refractivity contribution in [3.8, 4) is 0 Å². The van der Waals surface area contributed by atoms with Crippen molar-refractivity contribution >= 4 is 38.9 Å². The fourth-order valence-corrected chi connectivity index (χ4v) is 3.40. The average molecular weight is 386 g/mol. The van der Waals surface area contributed by atoms with Gasteiger partial charge in [-0.3, -0.25) is 4.79 Å². The van der Waals surface area contributed by atoms with Gasteiger partial charge in [-0.05, 0) is 42.3 Å². The summed E-state index contributed by atoms with van der Waals surface area (Å²) in [6.07, 6.45) is 1.80. The van der Waals surface area contributed by atoms with Crippen LogP contribution in [0.3, 0.4) is 0 Å². The van der Waals surface area contributed by atoms with Gasteiger partial charge in [-0.15, -0.1) is 0 Å². The maximum absolute atomic E-state index is 12.4. The number of benzene rings is 2. The summed E-state index contributed by atoms with van der Waals surface area (Å²) in [4.78, 5) is 12.7. The number of nitrogens with one attached hydrogen (secondary N) is 1. The number of carbonyl (C=O) groups is 1. The Bertz CT molecular complexity index is 849. The minimum atomic E-state index is -3.25. The molecule has 7 heteroatoms. The van der Waals surface area contributed by atoms with E-state index in [4.69, 9.17) is 23.2 Å². The normalized spacial score (nSPS) is 12.7. The number of rotatable bonds is 5. The van der Waals surface area contributed by atoms with Crippen molar-refractivity contribution in [2.75, 3.05) is 6.26 Å². The van der Waals surface area contributed by atoms with Crippen molar-refractivity contribution in [1.29, 1.82) is 0 Å². The minimum Gasteiger partial charge on any atom is -0.345 e. The Balaban J connectivity index is 2.21. The van der Waals surface area contributed by atoms with Crippen LogP contribution in [-0.4, -0.2) is 20.6 Å². The molecule has 2 aromatic rings. The van der Waals surface area contributed by atoms with Crippen LogP contribution in [0.4, 0.5) is 0 Å². The third-order valence-corrected chi connectivity index (χ3v) is 5.28. The second kappa shape index (κ2) is 7.55. The predicted molar refractivity (Wildman–Crippen MR) is 96.5 cm³/mol. The van der Waals surface area contributed by atoms with Gasteiger partial charge in [0, 0.05) is 11.3 Å². The highest BCUT2D eigenvalue weighted by Gasteiger charge is 2.17. The quantitative estimate of drug-likeness (QED) is 0.835. The van der Waals surface area contributed by atoms with E-state index in [2.05, 4.69) is 5.32 Å². The topological polar surface area (TPSA) is 63.2 Å². The molecule has 0 fully saturated rings. The number of halogens is 2. The fourth-order valence-electron chi connectivity index (χ4n) is 2.28. The second-order valence-electron chi connectivity index (χ2n) is 5.40. The highest BCUT2D eigenvalue weighted by Crippen LogP contribution is 2.23. The largest absolute Gasteiger partial charge is 0.345 e. The van der Waals surface area contributed by atoms with E-state index in [1.807, 2.05) is 6.92 Å². The van der Waals surface area contributed by atoms with Gasteiger partial charge < -0.3 is 5.32 Å². The van der Waals surface area contributed by atoms with Crippen LogP contribution in [0.2, 0.25) is 10.0 Å². The molecule has 1 N–H and O–H groups in total. The molecule has 0 aromatic heterocycles. The molecular formula is C17H17Cl2NO3S. The first-order valence-electron chi connectivity index (χ1n) is 7.28. The zero-order valence-electron chi connectivity index (χ0n) is 13.2. The number of amides is 1. The third kappa shape index (κ3) is 4.50. The molecule has 0 heterocycles. The van der Waals surface area contributed by atoms with Crippen LogP contribution in [0.15, 0.2) is 47.4 Å². The molecule has 1 atom stereocenters. The molecule has 0 bridgehead atoms. The molecule has 1 amide bonds. The lowest BCUT2D eigenvalue weighted by atomic mass is 10.0. The molecule has 0 radical (unpaired) electrons. The van der Waals surface area contributed by atoms with Crippen molar-refractivity contribution in [2.45, 2.75) is 24.3 Å². The van der Waals surface area contributed by atoms with Crippen molar-refractivity contribution in [2.24, 2.45) is 0 Å². The number of hydrogen-bond donors (Lipinski definition) is 1. The average Bonchev–Trinajstić information content (AvgIpc) is 2.51. The van der Waals surface area contributed by atoms with E-state index in [1.54, 1.807) is 24.3 Å². The summed E-state index contributed by atoms with van der Waals surface area (Å²) in [7, 11) is -3.25. The molecule has 24 heavy (non-hydrogen) atoms. The summed E-state index contributed by atoms with van der Waals surface area (Å²) in [5, 5.41) is 3.64. The van der Waals surface area contributed by atoms with E-state index < -0.39 is 9.84 Å². The maximum atomic E-state index is 12.4. The monoisotopic (exact) mass is 385 g/mol. The van der Waals surface area contributed by atoms with Crippen LogP contribution < -0.4 is 5.32 Å². The zero-order chi connectivity index (χ0) is 17.9.